The number of carbonyl (C=O) groups is 2. The zero-order valence-electron chi connectivity index (χ0n) is 11.7. The summed E-state index contributed by atoms with van der Waals surface area (Å²) in [5.74, 6) is 0.220. The molecular formula is C15H21NO3. The molecule has 0 aliphatic rings. The van der Waals surface area contributed by atoms with Gasteiger partial charge >= 0.3 is 0 Å². The zero-order chi connectivity index (χ0) is 14.3. The highest BCUT2D eigenvalue weighted by molar-refractivity contribution is 5.96. The van der Waals surface area contributed by atoms with Crippen molar-refractivity contribution in [2.45, 2.75) is 39.7 Å². The van der Waals surface area contributed by atoms with E-state index in [2.05, 4.69) is 5.32 Å². The molecule has 0 bridgehead atoms. The molecular weight excluding hydrogens is 242 g/mol. The molecule has 0 unspecified atom stereocenters. The molecule has 1 aromatic rings. The zero-order valence-corrected chi connectivity index (χ0v) is 11.7. The van der Waals surface area contributed by atoms with Crippen LogP contribution in [0.15, 0.2) is 24.3 Å². The molecule has 0 spiro atoms. The quantitative estimate of drug-likeness (QED) is 0.769. The highest BCUT2D eigenvalue weighted by Crippen LogP contribution is 2.18. The molecule has 0 fully saturated rings. The predicted octanol–water partition coefficient (Wildman–Crippen LogP) is 2.57. The molecule has 1 amide bonds. The second-order valence-corrected chi connectivity index (χ2v) is 4.42. The number of ketones is 1. The summed E-state index contributed by atoms with van der Waals surface area (Å²) in [5.41, 5.74) is 0.498. The van der Waals surface area contributed by atoms with Crippen LogP contribution >= 0.6 is 0 Å². The number of hydrogen-bond acceptors (Lipinski definition) is 3. The first-order valence-electron chi connectivity index (χ1n) is 6.60. The van der Waals surface area contributed by atoms with Gasteiger partial charge in [-0.1, -0.05) is 26.0 Å². The van der Waals surface area contributed by atoms with Crippen molar-refractivity contribution in [3.05, 3.63) is 29.8 Å². The van der Waals surface area contributed by atoms with Crippen LogP contribution < -0.4 is 10.1 Å². The highest BCUT2D eigenvalue weighted by atomic mass is 16.5. The van der Waals surface area contributed by atoms with E-state index in [0.717, 1.165) is 12.8 Å². The fraction of sp³-hybridized carbons (Fsp3) is 0.467. The summed E-state index contributed by atoms with van der Waals surface area (Å²) in [5, 5.41) is 2.89. The number of hydrogen-bond donors (Lipinski definition) is 1. The molecule has 1 rings (SSSR count). The van der Waals surface area contributed by atoms with Crippen molar-refractivity contribution in [1.82, 2.24) is 5.32 Å². The molecule has 4 nitrogen and oxygen atoms in total. The molecule has 4 heteroatoms. The van der Waals surface area contributed by atoms with E-state index in [9.17, 15) is 9.59 Å². The van der Waals surface area contributed by atoms with Gasteiger partial charge in [0.1, 0.15) is 5.75 Å². The van der Waals surface area contributed by atoms with Crippen LogP contribution in [-0.2, 0) is 4.79 Å². The first-order chi connectivity index (χ1) is 9.08. The Kier molecular flexibility index (Phi) is 6.06. The molecule has 1 aromatic carbocycles. The van der Waals surface area contributed by atoms with Crippen LogP contribution in [0.5, 0.6) is 5.75 Å². The van der Waals surface area contributed by atoms with Gasteiger partial charge < -0.3 is 10.1 Å². The molecule has 0 aromatic heterocycles. The van der Waals surface area contributed by atoms with Gasteiger partial charge in [0.15, 0.2) is 12.4 Å². The third kappa shape index (κ3) is 4.73. The van der Waals surface area contributed by atoms with Gasteiger partial charge in [0.05, 0.1) is 5.56 Å². The minimum absolute atomic E-state index is 0.0687. The molecule has 104 valence electrons. The Hall–Kier alpha value is -1.84. The lowest BCUT2D eigenvalue weighted by Crippen LogP contribution is -2.37. The normalized spacial score (nSPS) is 10.3. The van der Waals surface area contributed by atoms with E-state index >= 15 is 0 Å². The maximum absolute atomic E-state index is 11.7. The van der Waals surface area contributed by atoms with Crippen molar-refractivity contribution < 1.29 is 14.3 Å². The van der Waals surface area contributed by atoms with E-state index in [1.807, 2.05) is 13.8 Å². The number of para-hydroxylation sites is 1. The number of benzene rings is 1. The van der Waals surface area contributed by atoms with Gasteiger partial charge in [-0.05, 0) is 31.9 Å². The maximum Gasteiger partial charge on any atom is 0.258 e. The van der Waals surface area contributed by atoms with Crippen molar-refractivity contribution in [2.75, 3.05) is 6.61 Å². The van der Waals surface area contributed by atoms with Crippen molar-refractivity contribution in [3.63, 3.8) is 0 Å². The minimum atomic E-state index is -0.160. The molecule has 0 radical (unpaired) electrons. The van der Waals surface area contributed by atoms with Gasteiger partial charge in [0, 0.05) is 6.04 Å². The molecule has 0 heterocycles. The van der Waals surface area contributed by atoms with E-state index in [1.54, 1.807) is 24.3 Å². The lowest BCUT2D eigenvalue weighted by atomic mass is 10.1. The Balaban J connectivity index is 2.57. The summed E-state index contributed by atoms with van der Waals surface area (Å²) in [7, 11) is 0. The van der Waals surface area contributed by atoms with Gasteiger partial charge in [0.2, 0.25) is 0 Å². The minimum Gasteiger partial charge on any atom is -0.483 e. The SMILES string of the molecule is CCC(CC)NC(=O)COc1ccccc1C(C)=O. The Morgan fingerprint density at radius 1 is 1.21 bits per heavy atom. The van der Waals surface area contributed by atoms with E-state index < -0.39 is 0 Å². The monoisotopic (exact) mass is 263 g/mol. The Morgan fingerprint density at radius 2 is 1.84 bits per heavy atom. The molecule has 0 aliphatic carbocycles. The van der Waals surface area contributed by atoms with Crippen LogP contribution in [0, 0.1) is 0 Å². The standard InChI is InChI=1S/C15H21NO3/c1-4-12(5-2)16-15(18)10-19-14-9-7-6-8-13(14)11(3)17/h6-9,12H,4-5,10H2,1-3H3,(H,16,18). The first-order valence-corrected chi connectivity index (χ1v) is 6.60. The second kappa shape index (κ2) is 7.56. The highest BCUT2D eigenvalue weighted by Gasteiger charge is 2.11. The fourth-order valence-corrected chi connectivity index (χ4v) is 1.79. The van der Waals surface area contributed by atoms with Crippen LogP contribution in [0.2, 0.25) is 0 Å². The van der Waals surface area contributed by atoms with Crippen LogP contribution in [-0.4, -0.2) is 24.3 Å². The summed E-state index contributed by atoms with van der Waals surface area (Å²) in [4.78, 5) is 23.1. The lowest BCUT2D eigenvalue weighted by Gasteiger charge is -2.15. The molecule has 0 saturated carbocycles. The summed E-state index contributed by atoms with van der Waals surface area (Å²) < 4.78 is 5.42. The average molecular weight is 263 g/mol. The third-order valence-electron chi connectivity index (χ3n) is 2.98. The number of amides is 1. The van der Waals surface area contributed by atoms with E-state index in [4.69, 9.17) is 4.74 Å². The molecule has 19 heavy (non-hydrogen) atoms. The van der Waals surface area contributed by atoms with E-state index in [-0.39, 0.29) is 24.3 Å². The van der Waals surface area contributed by atoms with Gasteiger partial charge in [-0.25, -0.2) is 0 Å². The number of carbonyl (C=O) groups excluding carboxylic acids is 2. The largest absolute Gasteiger partial charge is 0.483 e. The molecule has 0 saturated heterocycles. The van der Waals surface area contributed by atoms with E-state index in [1.165, 1.54) is 6.92 Å². The van der Waals surface area contributed by atoms with Crippen molar-refractivity contribution >= 4 is 11.7 Å². The van der Waals surface area contributed by atoms with Crippen LogP contribution in [0.25, 0.3) is 0 Å². The van der Waals surface area contributed by atoms with Crippen molar-refractivity contribution in [1.29, 1.82) is 0 Å². The van der Waals surface area contributed by atoms with Crippen molar-refractivity contribution in [3.8, 4) is 5.75 Å². The maximum atomic E-state index is 11.7. The summed E-state index contributed by atoms with van der Waals surface area (Å²) in [6.45, 7) is 5.47. The first kappa shape index (κ1) is 15.2. The van der Waals surface area contributed by atoms with Gasteiger partial charge in [-0.3, -0.25) is 9.59 Å². The molecule has 0 aliphatic heterocycles. The number of ether oxygens (including phenoxy) is 1. The van der Waals surface area contributed by atoms with Crippen molar-refractivity contribution in [2.24, 2.45) is 0 Å². The van der Waals surface area contributed by atoms with Crippen LogP contribution in [0.4, 0.5) is 0 Å². The third-order valence-corrected chi connectivity index (χ3v) is 2.98. The topological polar surface area (TPSA) is 55.4 Å². The number of Topliss-reactive ketones (excluding diaryl/α,β-unsaturated/α-hetero) is 1. The Bertz CT molecular complexity index is 439. The second-order valence-electron chi connectivity index (χ2n) is 4.42. The Labute approximate surface area is 114 Å². The smallest absolute Gasteiger partial charge is 0.258 e. The molecule has 0 atom stereocenters. The van der Waals surface area contributed by atoms with E-state index in [0.29, 0.717) is 11.3 Å². The Morgan fingerprint density at radius 3 is 2.42 bits per heavy atom. The summed E-state index contributed by atoms with van der Waals surface area (Å²) in [6, 6.07) is 7.12. The van der Waals surface area contributed by atoms with Crippen LogP contribution in [0.3, 0.4) is 0 Å². The van der Waals surface area contributed by atoms with Gasteiger partial charge in [-0.2, -0.15) is 0 Å². The summed E-state index contributed by atoms with van der Waals surface area (Å²) >= 11 is 0. The predicted molar refractivity (Wildman–Crippen MR) is 74.5 cm³/mol. The lowest BCUT2D eigenvalue weighted by molar-refractivity contribution is -0.123. The fourth-order valence-electron chi connectivity index (χ4n) is 1.79. The average Bonchev–Trinajstić information content (AvgIpc) is 2.42. The number of nitrogens with one attached hydrogen (secondary N) is 1. The molecule has 1 N–H and O–H groups in total. The van der Waals surface area contributed by atoms with Gasteiger partial charge in [0.25, 0.3) is 5.91 Å². The number of rotatable bonds is 7. The summed E-state index contributed by atoms with van der Waals surface area (Å²) in [6.07, 6.45) is 1.79. The van der Waals surface area contributed by atoms with Crippen LogP contribution in [0.1, 0.15) is 44.0 Å². The van der Waals surface area contributed by atoms with Gasteiger partial charge in [-0.15, -0.1) is 0 Å².